The number of ether oxygens (including phenoxy) is 1. The number of fused-ring (bicyclic) bond motifs is 1. The van der Waals surface area contributed by atoms with E-state index in [1.54, 1.807) is 20.2 Å². The average molecular weight is 258 g/mol. The van der Waals surface area contributed by atoms with Gasteiger partial charge in [0.15, 0.2) is 0 Å². The fraction of sp³-hybridized carbons (Fsp3) is 0.333. The van der Waals surface area contributed by atoms with E-state index in [4.69, 9.17) is 4.74 Å². The molecular formula is C15H18N2O2. The first-order valence-corrected chi connectivity index (χ1v) is 6.48. The van der Waals surface area contributed by atoms with E-state index in [0.717, 1.165) is 23.0 Å². The molecule has 0 saturated heterocycles. The van der Waals surface area contributed by atoms with Gasteiger partial charge in [-0.15, -0.1) is 0 Å². The Morgan fingerprint density at radius 3 is 2.79 bits per heavy atom. The summed E-state index contributed by atoms with van der Waals surface area (Å²) in [5.41, 5.74) is 3.36. The summed E-state index contributed by atoms with van der Waals surface area (Å²) < 4.78 is 5.06. The lowest BCUT2D eigenvalue weighted by Gasteiger charge is -2.12. The number of nitrogens with one attached hydrogen (secondary N) is 1. The van der Waals surface area contributed by atoms with Crippen molar-refractivity contribution in [1.82, 2.24) is 4.98 Å². The number of pyridine rings is 1. The molecule has 1 aromatic carbocycles. The van der Waals surface area contributed by atoms with Gasteiger partial charge in [0.1, 0.15) is 5.56 Å². The highest BCUT2D eigenvalue weighted by atomic mass is 16.5. The summed E-state index contributed by atoms with van der Waals surface area (Å²) in [5, 5.41) is 4.04. The number of hydrogen-bond donors (Lipinski definition) is 1. The second-order valence-electron chi connectivity index (χ2n) is 4.18. The van der Waals surface area contributed by atoms with Crippen molar-refractivity contribution in [2.75, 3.05) is 19.0 Å². The van der Waals surface area contributed by atoms with E-state index in [-0.39, 0.29) is 5.97 Å². The first-order valence-electron chi connectivity index (χ1n) is 6.48. The third kappa shape index (κ3) is 2.38. The molecule has 0 unspecified atom stereocenters. The van der Waals surface area contributed by atoms with Crippen molar-refractivity contribution < 1.29 is 9.53 Å². The lowest BCUT2D eigenvalue weighted by atomic mass is 10.0. The molecule has 19 heavy (non-hydrogen) atoms. The number of carbonyl (C=O) groups is 1. The number of nitrogens with zero attached hydrogens (tertiary/aromatic N) is 1. The van der Waals surface area contributed by atoms with Crippen LogP contribution >= 0.6 is 0 Å². The molecule has 1 N–H and O–H groups in total. The standard InChI is InChI=1S/C15H18N2O2/c1-4-10-7-6-8-11-13(10)17-9-12(14(11)16-3)15(18)19-5-2/h6-9H,4-5H2,1-3H3,(H,16,17). The number of aryl methyl sites for hydroxylation is 1. The third-order valence-electron chi connectivity index (χ3n) is 3.11. The Labute approximate surface area is 112 Å². The van der Waals surface area contributed by atoms with Crippen LogP contribution in [0.5, 0.6) is 0 Å². The molecule has 4 nitrogen and oxygen atoms in total. The number of aromatic nitrogens is 1. The lowest BCUT2D eigenvalue weighted by molar-refractivity contribution is 0.0527. The van der Waals surface area contributed by atoms with Crippen molar-refractivity contribution in [3.63, 3.8) is 0 Å². The van der Waals surface area contributed by atoms with Crippen LogP contribution in [0.15, 0.2) is 24.4 Å². The highest BCUT2D eigenvalue weighted by Gasteiger charge is 2.16. The van der Waals surface area contributed by atoms with Gasteiger partial charge in [-0.05, 0) is 18.9 Å². The monoisotopic (exact) mass is 258 g/mol. The zero-order valence-electron chi connectivity index (χ0n) is 11.5. The molecular weight excluding hydrogens is 240 g/mol. The number of rotatable bonds is 4. The minimum atomic E-state index is -0.344. The molecule has 1 heterocycles. The quantitative estimate of drug-likeness (QED) is 0.856. The van der Waals surface area contributed by atoms with Crippen molar-refractivity contribution >= 4 is 22.6 Å². The van der Waals surface area contributed by atoms with E-state index < -0.39 is 0 Å². The average Bonchev–Trinajstić information content (AvgIpc) is 2.45. The number of esters is 1. The molecule has 2 rings (SSSR count). The van der Waals surface area contributed by atoms with Crippen LogP contribution in [0.4, 0.5) is 5.69 Å². The Morgan fingerprint density at radius 2 is 2.16 bits per heavy atom. The van der Waals surface area contributed by atoms with E-state index >= 15 is 0 Å². The Morgan fingerprint density at radius 1 is 1.37 bits per heavy atom. The predicted molar refractivity (Wildman–Crippen MR) is 76.6 cm³/mol. The summed E-state index contributed by atoms with van der Waals surface area (Å²) in [5.74, 6) is -0.344. The zero-order valence-corrected chi connectivity index (χ0v) is 11.5. The largest absolute Gasteiger partial charge is 0.462 e. The molecule has 0 aliphatic rings. The summed E-state index contributed by atoms with van der Waals surface area (Å²) in [6.45, 7) is 4.24. The second kappa shape index (κ2) is 5.69. The molecule has 2 aromatic rings. The number of carbonyl (C=O) groups excluding carboxylic acids is 1. The minimum Gasteiger partial charge on any atom is -0.462 e. The maximum Gasteiger partial charge on any atom is 0.341 e. The van der Waals surface area contributed by atoms with Crippen LogP contribution in [0.25, 0.3) is 10.9 Å². The molecule has 0 spiro atoms. The van der Waals surface area contributed by atoms with Gasteiger partial charge < -0.3 is 10.1 Å². The molecule has 0 bridgehead atoms. The summed E-state index contributed by atoms with van der Waals surface area (Å²) >= 11 is 0. The van der Waals surface area contributed by atoms with Crippen molar-refractivity contribution in [3.8, 4) is 0 Å². The Bertz CT molecular complexity index is 608. The molecule has 1 aromatic heterocycles. The topological polar surface area (TPSA) is 51.2 Å². The molecule has 100 valence electrons. The molecule has 0 aliphatic heterocycles. The van der Waals surface area contributed by atoms with Gasteiger partial charge in [0.05, 0.1) is 17.8 Å². The number of anilines is 1. The van der Waals surface area contributed by atoms with Crippen LogP contribution in [-0.2, 0) is 11.2 Å². The van der Waals surface area contributed by atoms with Gasteiger partial charge in [0, 0.05) is 18.6 Å². The van der Waals surface area contributed by atoms with Crippen molar-refractivity contribution in [1.29, 1.82) is 0 Å². The fourth-order valence-corrected chi connectivity index (χ4v) is 2.20. The molecule has 0 amide bonds. The minimum absolute atomic E-state index is 0.344. The fourth-order valence-electron chi connectivity index (χ4n) is 2.20. The van der Waals surface area contributed by atoms with E-state index in [2.05, 4.69) is 23.3 Å². The normalized spacial score (nSPS) is 10.5. The first-order chi connectivity index (χ1) is 9.22. The number of para-hydroxylation sites is 1. The third-order valence-corrected chi connectivity index (χ3v) is 3.11. The van der Waals surface area contributed by atoms with Crippen LogP contribution in [-0.4, -0.2) is 24.6 Å². The Balaban J connectivity index is 2.66. The van der Waals surface area contributed by atoms with Crippen molar-refractivity contribution in [2.45, 2.75) is 20.3 Å². The van der Waals surface area contributed by atoms with Crippen LogP contribution in [0.2, 0.25) is 0 Å². The molecule has 0 fully saturated rings. The highest BCUT2D eigenvalue weighted by Crippen LogP contribution is 2.28. The number of hydrogen-bond acceptors (Lipinski definition) is 4. The Hall–Kier alpha value is -2.10. The van der Waals surface area contributed by atoms with Crippen LogP contribution in [0.1, 0.15) is 29.8 Å². The Kier molecular flexibility index (Phi) is 4.00. The summed E-state index contributed by atoms with van der Waals surface area (Å²) in [6.07, 6.45) is 2.50. The van der Waals surface area contributed by atoms with Gasteiger partial charge in [-0.3, -0.25) is 4.98 Å². The molecule has 0 radical (unpaired) electrons. The SMILES string of the molecule is CCOC(=O)c1cnc2c(CC)cccc2c1NC. The van der Waals surface area contributed by atoms with E-state index in [1.807, 2.05) is 12.1 Å². The van der Waals surface area contributed by atoms with Gasteiger partial charge in [-0.2, -0.15) is 0 Å². The van der Waals surface area contributed by atoms with E-state index in [0.29, 0.717) is 12.2 Å². The van der Waals surface area contributed by atoms with E-state index in [9.17, 15) is 4.79 Å². The predicted octanol–water partition coefficient (Wildman–Crippen LogP) is 3.02. The van der Waals surface area contributed by atoms with Gasteiger partial charge in [-0.25, -0.2) is 4.79 Å². The van der Waals surface area contributed by atoms with Gasteiger partial charge in [0.2, 0.25) is 0 Å². The van der Waals surface area contributed by atoms with Gasteiger partial charge in [0.25, 0.3) is 0 Å². The van der Waals surface area contributed by atoms with Gasteiger partial charge in [-0.1, -0.05) is 25.1 Å². The maximum absolute atomic E-state index is 11.9. The summed E-state index contributed by atoms with van der Waals surface area (Å²) in [6, 6.07) is 6.01. The smallest absolute Gasteiger partial charge is 0.341 e. The van der Waals surface area contributed by atoms with Crippen LogP contribution in [0.3, 0.4) is 0 Å². The molecule has 0 aliphatic carbocycles. The van der Waals surface area contributed by atoms with Crippen molar-refractivity contribution in [2.24, 2.45) is 0 Å². The van der Waals surface area contributed by atoms with Crippen molar-refractivity contribution in [3.05, 3.63) is 35.5 Å². The second-order valence-corrected chi connectivity index (χ2v) is 4.18. The molecule has 4 heteroatoms. The first kappa shape index (κ1) is 13.3. The highest BCUT2D eigenvalue weighted by molar-refractivity contribution is 6.05. The molecule has 0 saturated carbocycles. The van der Waals surface area contributed by atoms with Gasteiger partial charge >= 0.3 is 5.97 Å². The summed E-state index contributed by atoms with van der Waals surface area (Å²) in [4.78, 5) is 16.3. The van der Waals surface area contributed by atoms with Crippen LogP contribution < -0.4 is 5.32 Å². The summed E-state index contributed by atoms with van der Waals surface area (Å²) in [7, 11) is 1.80. The van der Waals surface area contributed by atoms with Crippen LogP contribution in [0, 0.1) is 0 Å². The number of benzene rings is 1. The maximum atomic E-state index is 11.9. The lowest BCUT2D eigenvalue weighted by Crippen LogP contribution is -2.09. The van der Waals surface area contributed by atoms with E-state index in [1.165, 1.54) is 5.56 Å². The zero-order chi connectivity index (χ0) is 13.8. The molecule has 0 atom stereocenters.